The summed E-state index contributed by atoms with van der Waals surface area (Å²) in [6.07, 6.45) is 17.2. The fourth-order valence-corrected chi connectivity index (χ4v) is 3.82. The van der Waals surface area contributed by atoms with Crippen LogP contribution in [-0.2, 0) is 12.8 Å². The highest BCUT2D eigenvalue weighted by molar-refractivity contribution is 6.58. The standard InChI is InChI=1S/C14H22BFO2.C14H21F/c1-2-3-4-5-6-7-8-12-9-10-14(16)13(11-12)15(17)18;1-2-3-4-5-6-7-8-13-9-11-14(15)12-10-13/h9-11,17-18H,2-8H2,1H3;9-12H,2-8H2,1H3. The van der Waals surface area contributed by atoms with E-state index in [0.717, 1.165) is 24.8 Å². The summed E-state index contributed by atoms with van der Waals surface area (Å²) in [5.74, 6) is -0.696. The van der Waals surface area contributed by atoms with Gasteiger partial charge in [0.15, 0.2) is 0 Å². The van der Waals surface area contributed by atoms with Gasteiger partial charge in [-0.3, -0.25) is 0 Å². The zero-order chi connectivity index (χ0) is 24.3. The van der Waals surface area contributed by atoms with Gasteiger partial charge in [-0.05, 0) is 55.0 Å². The fourth-order valence-electron chi connectivity index (χ4n) is 3.82. The van der Waals surface area contributed by atoms with E-state index in [1.807, 2.05) is 12.1 Å². The first-order chi connectivity index (χ1) is 16.0. The van der Waals surface area contributed by atoms with Crippen molar-refractivity contribution in [3.8, 4) is 0 Å². The normalized spacial score (nSPS) is 10.6. The Labute approximate surface area is 200 Å². The van der Waals surface area contributed by atoms with Gasteiger partial charge in [0.25, 0.3) is 0 Å². The lowest BCUT2D eigenvalue weighted by molar-refractivity contribution is 0.423. The molecule has 2 rings (SSSR count). The number of unbranched alkanes of at least 4 members (excludes halogenated alkanes) is 10. The Morgan fingerprint density at radius 2 is 1.06 bits per heavy atom. The van der Waals surface area contributed by atoms with Crippen LogP contribution in [0.3, 0.4) is 0 Å². The summed E-state index contributed by atoms with van der Waals surface area (Å²) < 4.78 is 25.8. The van der Waals surface area contributed by atoms with E-state index in [1.165, 1.54) is 82.3 Å². The van der Waals surface area contributed by atoms with Crippen LogP contribution < -0.4 is 5.46 Å². The molecular weight excluding hydrogens is 417 g/mol. The lowest BCUT2D eigenvalue weighted by Gasteiger charge is -2.06. The summed E-state index contributed by atoms with van der Waals surface area (Å²) in [4.78, 5) is 0. The number of benzene rings is 2. The molecule has 33 heavy (non-hydrogen) atoms. The molecule has 0 amide bonds. The second-order valence-corrected chi connectivity index (χ2v) is 8.89. The first kappa shape index (κ1) is 29.3. The molecule has 0 spiro atoms. The molecule has 0 radical (unpaired) electrons. The average Bonchev–Trinajstić information content (AvgIpc) is 2.81. The van der Waals surface area contributed by atoms with Crippen LogP contribution in [0.5, 0.6) is 0 Å². The van der Waals surface area contributed by atoms with Gasteiger partial charge in [-0.25, -0.2) is 8.78 Å². The first-order valence-electron chi connectivity index (χ1n) is 12.9. The largest absolute Gasteiger partial charge is 0.491 e. The fraction of sp³-hybridized carbons (Fsp3) is 0.571. The smallest absolute Gasteiger partial charge is 0.423 e. The van der Waals surface area contributed by atoms with Gasteiger partial charge < -0.3 is 10.0 Å². The molecule has 0 heterocycles. The van der Waals surface area contributed by atoms with Crippen LogP contribution in [0, 0.1) is 11.6 Å². The molecule has 0 aliphatic heterocycles. The van der Waals surface area contributed by atoms with Gasteiger partial charge in [-0.15, -0.1) is 0 Å². The van der Waals surface area contributed by atoms with E-state index in [4.69, 9.17) is 10.0 Å². The minimum atomic E-state index is -1.73. The molecule has 0 saturated heterocycles. The zero-order valence-electron chi connectivity index (χ0n) is 20.7. The van der Waals surface area contributed by atoms with Crippen molar-refractivity contribution in [1.82, 2.24) is 0 Å². The molecule has 0 fully saturated rings. The first-order valence-corrected chi connectivity index (χ1v) is 12.9. The molecule has 2 nitrogen and oxygen atoms in total. The van der Waals surface area contributed by atoms with Crippen molar-refractivity contribution >= 4 is 12.6 Å². The van der Waals surface area contributed by atoms with E-state index in [1.54, 1.807) is 24.3 Å². The van der Waals surface area contributed by atoms with Gasteiger partial charge in [-0.2, -0.15) is 0 Å². The molecule has 0 saturated carbocycles. The minimum Gasteiger partial charge on any atom is -0.423 e. The van der Waals surface area contributed by atoms with Crippen molar-refractivity contribution in [2.75, 3.05) is 0 Å². The van der Waals surface area contributed by atoms with Crippen LogP contribution >= 0.6 is 0 Å². The Bertz CT molecular complexity index is 735. The number of halogens is 2. The van der Waals surface area contributed by atoms with Gasteiger partial charge in [0.05, 0.1) is 0 Å². The summed E-state index contributed by atoms with van der Waals surface area (Å²) >= 11 is 0. The average molecular weight is 460 g/mol. The Hall–Kier alpha value is -1.72. The van der Waals surface area contributed by atoms with Crippen LogP contribution in [0.2, 0.25) is 0 Å². The summed E-state index contributed by atoms with van der Waals surface area (Å²) in [5.41, 5.74) is 2.19. The summed E-state index contributed by atoms with van der Waals surface area (Å²) in [6.45, 7) is 4.43. The van der Waals surface area contributed by atoms with Gasteiger partial charge in [-0.1, -0.05) is 102 Å². The highest BCUT2D eigenvalue weighted by atomic mass is 19.1. The molecule has 2 aromatic rings. The molecule has 184 valence electrons. The molecule has 0 unspecified atom stereocenters. The van der Waals surface area contributed by atoms with Gasteiger partial charge in [0, 0.05) is 5.46 Å². The van der Waals surface area contributed by atoms with Crippen LogP contribution in [0.4, 0.5) is 8.78 Å². The monoisotopic (exact) mass is 460 g/mol. The predicted octanol–water partition coefficient (Wildman–Crippen LogP) is 7.14. The minimum absolute atomic E-state index is 0.0292. The topological polar surface area (TPSA) is 40.5 Å². The Kier molecular flexibility index (Phi) is 16.6. The van der Waals surface area contributed by atoms with E-state index in [0.29, 0.717) is 0 Å². The van der Waals surface area contributed by atoms with Crippen molar-refractivity contribution in [1.29, 1.82) is 0 Å². The van der Waals surface area contributed by atoms with E-state index < -0.39 is 12.9 Å². The van der Waals surface area contributed by atoms with Crippen molar-refractivity contribution in [3.05, 3.63) is 65.2 Å². The summed E-state index contributed by atoms with van der Waals surface area (Å²) in [5, 5.41) is 18.0. The van der Waals surface area contributed by atoms with Crippen molar-refractivity contribution < 1.29 is 18.8 Å². The molecule has 2 aromatic carbocycles. The number of hydrogen-bond acceptors (Lipinski definition) is 2. The third-order valence-electron chi connectivity index (χ3n) is 5.89. The van der Waals surface area contributed by atoms with Crippen LogP contribution in [0.25, 0.3) is 0 Å². The van der Waals surface area contributed by atoms with Crippen molar-refractivity contribution in [2.45, 2.75) is 104 Å². The maximum absolute atomic E-state index is 13.2. The number of hydrogen-bond donors (Lipinski definition) is 2. The van der Waals surface area contributed by atoms with Crippen molar-refractivity contribution in [2.24, 2.45) is 0 Å². The predicted molar refractivity (Wildman–Crippen MR) is 137 cm³/mol. The number of aryl methyl sites for hydroxylation is 2. The van der Waals surface area contributed by atoms with Crippen LogP contribution in [0.15, 0.2) is 42.5 Å². The summed E-state index contributed by atoms with van der Waals surface area (Å²) in [7, 11) is -1.73. The molecule has 2 N–H and O–H groups in total. The van der Waals surface area contributed by atoms with E-state index in [-0.39, 0.29) is 11.3 Å². The van der Waals surface area contributed by atoms with Crippen LogP contribution in [0.1, 0.15) is 102 Å². The third kappa shape index (κ3) is 14.2. The zero-order valence-corrected chi connectivity index (χ0v) is 20.7. The van der Waals surface area contributed by atoms with Gasteiger partial charge in [0.1, 0.15) is 11.6 Å². The lowest BCUT2D eigenvalue weighted by atomic mass is 9.79. The van der Waals surface area contributed by atoms with E-state index in [2.05, 4.69) is 13.8 Å². The second kappa shape index (κ2) is 18.7. The highest BCUT2D eigenvalue weighted by Gasteiger charge is 2.16. The Balaban J connectivity index is 0.000000335. The molecule has 0 atom stereocenters. The molecular formula is C28H43BF2O2. The summed E-state index contributed by atoms with van der Waals surface area (Å²) in [6, 6.07) is 11.4. The molecule has 0 bridgehead atoms. The maximum atomic E-state index is 13.2. The van der Waals surface area contributed by atoms with E-state index in [9.17, 15) is 8.78 Å². The van der Waals surface area contributed by atoms with Crippen molar-refractivity contribution in [3.63, 3.8) is 0 Å². The Morgan fingerprint density at radius 3 is 1.58 bits per heavy atom. The third-order valence-corrected chi connectivity index (χ3v) is 5.89. The van der Waals surface area contributed by atoms with Gasteiger partial charge in [0.2, 0.25) is 0 Å². The van der Waals surface area contributed by atoms with E-state index >= 15 is 0 Å². The highest BCUT2D eigenvalue weighted by Crippen LogP contribution is 2.11. The quantitative estimate of drug-likeness (QED) is 0.219. The van der Waals surface area contributed by atoms with Gasteiger partial charge >= 0.3 is 7.12 Å². The maximum Gasteiger partial charge on any atom is 0.491 e. The Morgan fingerprint density at radius 1 is 0.606 bits per heavy atom. The lowest BCUT2D eigenvalue weighted by Crippen LogP contribution is -2.33. The molecule has 0 aromatic heterocycles. The molecule has 0 aliphatic carbocycles. The van der Waals surface area contributed by atoms with Crippen LogP contribution in [-0.4, -0.2) is 17.2 Å². The molecule has 0 aliphatic rings. The number of rotatable bonds is 15. The SMILES string of the molecule is CCCCCCCCc1ccc(F)c(B(O)O)c1.CCCCCCCCc1ccc(F)cc1. The second-order valence-electron chi connectivity index (χ2n) is 8.89. The molecule has 5 heteroatoms.